The second kappa shape index (κ2) is 5.54. The van der Waals surface area contributed by atoms with Crippen molar-refractivity contribution in [1.82, 2.24) is 4.90 Å². The van der Waals surface area contributed by atoms with Crippen molar-refractivity contribution in [1.29, 1.82) is 0 Å². The highest BCUT2D eigenvalue weighted by atomic mass is 32.2. The minimum atomic E-state index is -2.96. The van der Waals surface area contributed by atoms with Crippen molar-refractivity contribution in [2.24, 2.45) is 11.3 Å². The highest BCUT2D eigenvalue weighted by Gasteiger charge is 2.56. The van der Waals surface area contributed by atoms with Gasteiger partial charge in [-0.3, -0.25) is 4.79 Å². The van der Waals surface area contributed by atoms with E-state index in [1.807, 2.05) is 20.8 Å². The van der Waals surface area contributed by atoms with Crippen LogP contribution in [0.3, 0.4) is 0 Å². The van der Waals surface area contributed by atoms with Gasteiger partial charge in [0.15, 0.2) is 0 Å². The van der Waals surface area contributed by atoms with E-state index in [1.54, 1.807) is 0 Å². The van der Waals surface area contributed by atoms with E-state index in [0.717, 1.165) is 25.8 Å². The molecular weight excluding hydrogens is 290 g/mol. The molecule has 0 radical (unpaired) electrons. The first-order valence-electron chi connectivity index (χ1n) is 7.65. The van der Waals surface area contributed by atoms with Gasteiger partial charge in [-0.1, -0.05) is 6.42 Å². The normalized spacial score (nSPS) is 30.4. The Hall–Kier alpha value is -0.620. The van der Waals surface area contributed by atoms with Gasteiger partial charge >= 0.3 is 5.97 Å². The van der Waals surface area contributed by atoms with Crippen molar-refractivity contribution in [3.05, 3.63) is 0 Å². The summed E-state index contributed by atoms with van der Waals surface area (Å²) in [6.45, 7) is 7.64. The number of hydrogen-bond donors (Lipinski definition) is 0. The molecule has 122 valence electrons. The van der Waals surface area contributed by atoms with Gasteiger partial charge < -0.3 is 9.64 Å². The summed E-state index contributed by atoms with van der Waals surface area (Å²) in [7, 11) is -2.96. The summed E-state index contributed by atoms with van der Waals surface area (Å²) >= 11 is 0. The number of carbonyl (C=O) groups is 1. The molecule has 1 saturated carbocycles. The van der Waals surface area contributed by atoms with Gasteiger partial charge in [-0.2, -0.15) is 0 Å². The van der Waals surface area contributed by atoms with Crippen LogP contribution in [0.15, 0.2) is 0 Å². The summed E-state index contributed by atoms with van der Waals surface area (Å²) in [6.07, 6.45) is 4.22. The van der Waals surface area contributed by atoms with Gasteiger partial charge in [-0.25, -0.2) is 8.42 Å². The van der Waals surface area contributed by atoms with Crippen LogP contribution >= 0.6 is 0 Å². The molecule has 0 aromatic carbocycles. The zero-order chi connectivity index (χ0) is 15.9. The van der Waals surface area contributed by atoms with Crippen molar-refractivity contribution >= 4 is 15.8 Å². The number of fused-ring (bicyclic) bond motifs is 1. The lowest BCUT2D eigenvalue weighted by Crippen LogP contribution is -2.41. The fraction of sp³-hybridized carbons (Fsp3) is 0.933. The molecule has 2 atom stereocenters. The van der Waals surface area contributed by atoms with Gasteiger partial charge in [-0.15, -0.1) is 0 Å². The van der Waals surface area contributed by atoms with Gasteiger partial charge in [-0.05, 0) is 39.5 Å². The van der Waals surface area contributed by atoms with E-state index in [-0.39, 0.29) is 11.7 Å². The lowest BCUT2D eigenvalue weighted by Gasteiger charge is -2.31. The quantitative estimate of drug-likeness (QED) is 0.735. The molecule has 0 aromatic heterocycles. The number of rotatable bonds is 4. The third kappa shape index (κ3) is 3.97. The molecule has 0 spiro atoms. The Morgan fingerprint density at radius 2 is 2.05 bits per heavy atom. The van der Waals surface area contributed by atoms with Crippen LogP contribution in [0.4, 0.5) is 0 Å². The van der Waals surface area contributed by atoms with Crippen LogP contribution in [0.1, 0.15) is 40.0 Å². The minimum Gasteiger partial charge on any atom is -0.459 e. The molecule has 0 aromatic rings. The first-order valence-corrected chi connectivity index (χ1v) is 9.71. The number of carbonyl (C=O) groups excluding carboxylic acids is 1. The molecule has 2 rings (SSSR count). The molecule has 0 amide bonds. The van der Waals surface area contributed by atoms with Crippen LogP contribution in [0.2, 0.25) is 0 Å². The second-order valence-electron chi connectivity index (χ2n) is 7.61. The molecule has 5 nitrogen and oxygen atoms in total. The van der Waals surface area contributed by atoms with Gasteiger partial charge in [0, 0.05) is 25.9 Å². The van der Waals surface area contributed by atoms with E-state index in [1.165, 1.54) is 6.26 Å². The predicted molar refractivity (Wildman–Crippen MR) is 81.8 cm³/mol. The minimum absolute atomic E-state index is 0.0978. The van der Waals surface area contributed by atoms with Crippen LogP contribution < -0.4 is 0 Å². The van der Waals surface area contributed by atoms with Gasteiger partial charge in [0.2, 0.25) is 0 Å². The Balaban J connectivity index is 2.06. The summed E-state index contributed by atoms with van der Waals surface area (Å²) in [6, 6.07) is 0. The third-order valence-electron chi connectivity index (χ3n) is 4.53. The molecule has 2 aliphatic rings. The van der Waals surface area contributed by atoms with Gasteiger partial charge in [0.1, 0.15) is 15.4 Å². The predicted octanol–water partition coefficient (Wildman–Crippen LogP) is 1.47. The van der Waals surface area contributed by atoms with Gasteiger partial charge in [0.05, 0.1) is 11.2 Å². The van der Waals surface area contributed by atoms with E-state index < -0.39 is 20.9 Å². The topological polar surface area (TPSA) is 63.7 Å². The lowest BCUT2D eigenvalue weighted by molar-refractivity contribution is -0.168. The molecule has 21 heavy (non-hydrogen) atoms. The first kappa shape index (κ1) is 16.7. The summed E-state index contributed by atoms with van der Waals surface area (Å²) in [5.74, 6) is 0.371. The maximum atomic E-state index is 12.6. The van der Waals surface area contributed by atoms with Crippen molar-refractivity contribution in [2.45, 2.75) is 45.6 Å². The maximum Gasteiger partial charge on any atom is 0.314 e. The van der Waals surface area contributed by atoms with E-state index in [0.29, 0.717) is 19.0 Å². The highest BCUT2D eigenvalue weighted by Crippen LogP contribution is 2.49. The molecule has 2 fully saturated rings. The largest absolute Gasteiger partial charge is 0.459 e. The van der Waals surface area contributed by atoms with Crippen molar-refractivity contribution in [2.75, 3.05) is 31.6 Å². The maximum absolute atomic E-state index is 12.6. The van der Waals surface area contributed by atoms with Crippen LogP contribution in [0, 0.1) is 11.3 Å². The Bertz CT molecular complexity index is 508. The standard InChI is InChI=1S/C15H27NO4S/c1-14(2,3)20-13(17)15-7-5-6-12(15)10-16(11-15)8-9-21(4,18)19/h12H,5-11H2,1-4H3/t12-,15+/m0/s1. The second-order valence-corrected chi connectivity index (χ2v) is 9.87. The Labute approximate surface area is 127 Å². The molecule has 0 bridgehead atoms. The zero-order valence-electron chi connectivity index (χ0n) is 13.5. The number of hydrogen-bond acceptors (Lipinski definition) is 5. The molecule has 0 unspecified atom stereocenters. The third-order valence-corrected chi connectivity index (χ3v) is 5.45. The molecule has 1 aliphatic carbocycles. The average Bonchev–Trinajstić information content (AvgIpc) is 2.79. The zero-order valence-corrected chi connectivity index (χ0v) is 14.3. The van der Waals surface area contributed by atoms with Crippen LogP contribution in [0.25, 0.3) is 0 Å². The monoisotopic (exact) mass is 317 g/mol. The van der Waals surface area contributed by atoms with Crippen LogP contribution in [-0.4, -0.2) is 56.5 Å². The Kier molecular flexibility index (Phi) is 4.42. The number of nitrogens with zero attached hydrogens (tertiary/aromatic N) is 1. The summed E-state index contributed by atoms with van der Waals surface area (Å²) in [4.78, 5) is 14.8. The summed E-state index contributed by atoms with van der Waals surface area (Å²) in [5.41, 5.74) is -0.885. The number of esters is 1. The van der Waals surface area contributed by atoms with Crippen molar-refractivity contribution < 1.29 is 17.9 Å². The molecule has 1 heterocycles. The fourth-order valence-corrected chi connectivity index (χ4v) is 4.16. The van der Waals surface area contributed by atoms with Crippen LogP contribution in [-0.2, 0) is 19.4 Å². The van der Waals surface area contributed by atoms with E-state index in [2.05, 4.69) is 4.90 Å². The smallest absolute Gasteiger partial charge is 0.314 e. The molecular formula is C15H27NO4S. The number of ether oxygens (including phenoxy) is 1. The lowest BCUT2D eigenvalue weighted by atomic mass is 9.80. The highest BCUT2D eigenvalue weighted by molar-refractivity contribution is 7.90. The van der Waals surface area contributed by atoms with Crippen LogP contribution in [0.5, 0.6) is 0 Å². The molecule has 1 aliphatic heterocycles. The Morgan fingerprint density at radius 1 is 1.38 bits per heavy atom. The fourth-order valence-electron chi connectivity index (χ4n) is 3.57. The van der Waals surface area contributed by atoms with E-state index in [4.69, 9.17) is 4.74 Å². The molecule has 1 saturated heterocycles. The SMILES string of the molecule is CC(C)(C)OC(=O)[C@@]12CCC[C@H]1CN(CCS(C)(=O)=O)C2. The summed E-state index contributed by atoms with van der Waals surface area (Å²) < 4.78 is 28.3. The Morgan fingerprint density at radius 3 is 2.62 bits per heavy atom. The van der Waals surface area contributed by atoms with Gasteiger partial charge in [0.25, 0.3) is 0 Å². The van der Waals surface area contributed by atoms with E-state index in [9.17, 15) is 13.2 Å². The van der Waals surface area contributed by atoms with Crippen molar-refractivity contribution in [3.63, 3.8) is 0 Å². The first-order chi connectivity index (χ1) is 9.52. The number of likely N-dealkylation sites (tertiary alicyclic amines) is 1. The summed E-state index contributed by atoms with van der Waals surface area (Å²) in [5, 5.41) is 0. The average molecular weight is 317 g/mol. The molecule has 0 N–H and O–H groups in total. The van der Waals surface area contributed by atoms with Crippen molar-refractivity contribution in [3.8, 4) is 0 Å². The molecule has 6 heteroatoms. The van der Waals surface area contributed by atoms with E-state index >= 15 is 0 Å². The number of sulfone groups is 1.